The first-order valence-corrected chi connectivity index (χ1v) is 21.9. The average molecular weight is 905 g/mol. The molecule has 0 saturated carbocycles. The number of hydrogen-bond acceptors (Lipinski definition) is 21. The van der Waals surface area contributed by atoms with Crippen LogP contribution in [0.2, 0.25) is 0 Å². The molecule has 0 aromatic carbocycles. The summed E-state index contributed by atoms with van der Waals surface area (Å²) < 4.78 is 47.4. The number of rotatable bonds is 24. The van der Waals surface area contributed by atoms with Gasteiger partial charge in [-0.05, 0) is 33.1 Å². The zero-order valence-corrected chi connectivity index (χ0v) is 35.6. The van der Waals surface area contributed by atoms with Crippen molar-refractivity contribution >= 4 is 5.97 Å². The minimum Gasteiger partial charge on any atom is -0.481 e. The molecule has 4 aliphatic heterocycles. The van der Waals surface area contributed by atoms with Gasteiger partial charge in [-0.3, -0.25) is 4.79 Å². The van der Waals surface area contributed by atoms with Gasteiger partial charge in [0, 0.05) is 0 Å². The van der Waals surface area contributed by atoms with Crippen LogP contribution in [-0.2, 0) is 42.7 Å². The minimum absolute atomic E-state index is 0.294. The number of unbranched alkanes of at least 4 members (excludes halogenated alkanes) is 6. The van der Waals surface area contributed by atoms with Gasteiger partial charge in [0.25, 0.3) is 0 Å². The summed E-state index contributed by atoms with van der Waals surface area (Å²) >= 11 is 0. The number of hydrogen-bond donors (Lipinski definition) is 13. The summed E-state index contributed by atoms with van der Waals surface area (Å²) in [7, 11) is 0. The minimum atomic E-state index is -1.89. The summed E-state index contributed by atoms with van der Waals surface area (Å²) in [5, 5.41) is 136. The Bertz CT molecular complexity index is 1290. The molecule has 0 amide bonds. The van der Waals surface area contributed by atoms with Crippen LogP contribution < -0.4 is 0 Å². The third kappa shape index (κ3) is 14.3. The second-order valence-corrected chi connectivity index (χ2v) is 17.0. The van der Waals surface area contributed by atoms with Crippen molar-refractivity contribution in [1.29, 1.82) is 0 Å². The smallest absolute Gasteiger partial charge is 0.305 e. The lowest BCUT2D eigenvalue weighted by Crippen LogP contribution is -2.67. The molecular formula is C40H72O22. The predicted octanol–water partition coefficient (Wildman–Crippen LogP) is -3.15. The van der Waals surface area contributed by atoms with Crippen molar-refractivity contribution in [3.05, 3.63) is 0 Å². The molecule has 62 heavy (non-hydrogen) atoms. The monoisotopic (exact) mass is 904 g/mol. The standard InChI is InChI=1S/C40H72O22/c1-4-5-13-21(14-11-9-7-6-8-10-12-20(42)15-24(43)44)58-39-35(32(52)28(48)23(60-39)17-55-37-33(53)29(49)25(45)18(2)56-37)62-40-36(31(51)27(47)22(16-41)59-40)61-38-34(54)30(50)26(46)19(3)57-38/h18-23,25-42,45-54H,4-17H2,1-3H3,(H,43,44)/t18-,19-,20+,21-,22+,23+,25-,26-,27-,28-,29+,30+,31-,32-,33+,34+,35+,36+,37+,38-,39+,40-/m0/s1. The molecule has 0 aromatic heterocycles. The van der Waals surface area contributed by atoms with Gasteiger partial charge in [-0.1, -0.05) is 58.3 Å². The number of carboxylic acid groups (broad SMARTS) is 1. The Morgan fingerprint density at radius 3 is 1.61 bits per heavy atom. The van der Waals surface area contributed by atoms with Gasteiger partial charge < -0.3 is 104 Å². The molecule has 22 nitrogen and oxygen atoms in total. The van der Waals surface area contributed by atoms with Crippen molar-refractivity contribution in [3.63, 3.8) is 0 Å². The lowest BCUT2D eigenvalue weighted by molar-refractivity contribution is -0.396. The van der Waals surface area contributed by atoms with Gasteiger partial charge in [0.15, 0.2) is 25.2 Å². The van der Waals surface area contributed by atoms with E-state index in [1.54, 1.807) is 0 Å². The van der Waals surface area contributed by atoms with E-state index in [2.05, 4.69) is 0 Å². The third-order valence-corrected chi connectivity index (χ3v) is 12.0. The van der Waals surface area contributed by atoms with Crippen LogP contribution in [0.1, 0.15) is 97.8 Å². The van der Waals surface area contributed by atoms with Crippen molar-refractivity contribution in [3.8, 4) is 0 Å². The highest BCUT2D eigenvalue weighted by Crippen LogP contribution is 2.35. The Labute approximate surface area is 360 Å². The quantitative estimate of drug-likeness (QED) is 0.0425. The third-order valence-electron chi connectivity index (χ3n) is 12.0. The summed E-state index contributed by atoms with van der Waals surface area (Å²) in [6.07, 6.45) is -25.7. The van der Waals surface area contributed by atoms with Crippen LogP contribution >= 0.6 is 0 Å². The van der Waals surface area contributed by atoms with E-state index in [1.165, 1.54) is 13.8 Å². The van der Waals surface area contributed by atoms with Crippen molar-refractivity contribution < 1.29 is 109 Å². The van der Waals surface area contributed by atoms with Crippen molar-refractivity contribution in [2.75, 3.05) is 13.2 Å². The highest BCUT2D eigenvalue weighted by atomic mass is 16.8. The molecule has 4 rings (SSSR count). The average Bonchev–Trinajstić information content (AvgIpc) is 3.23. The number of aliphatic hydroxyl groups excluding tert-OH is 12. The predicted molar refractivity (Wildman–Crippen MR) is 208 cm³/mol. The summed E-state index contributed by atoms with van der Waals surface area (Å²) in [5.74, 6) is -1.05. The molecule has 22 atom stereocenters. The maximum Gasteiger partial charge on any atom is 0.305 e. The van der Waals surface area contributed by atoms with Gasteiger partial charge in [-0.2, -0.15) is 0 Å². The number of carboxylic acids is 1. The van der Waals surface area contributed by atoms with Crippen LogP contribution in [0.4, 0.5) is 0 Å². The molecule has 13 N–H and O–H groups in total. The van der Waals surface area contributed by atoms with E-state index < -0.39 is 154 Å². The normalized spacial score (nSPS) is 42.7. The van der Waals surface area contributed by atoms with E-state index in [1.807, 2.05) is 6.92 Å². The molecule has 4 fully saturated rings. The highest BCUT2D eigenvalue weighted by molar-refractivity contribution is 5.67. The first-order chi connectivity index (χ1) is 29.4. The fraction of sp³-hybridized carbons (Fsp3) is 0.975. The van der Waals surface area contributed by atoms with E-state index in [4.69, 9.17) is 43.0 Å². The molecule has 0 aromatic rings. The molecule has 4 saturated heterocycles. The molecular weight excluding hydrogens is 832 g/mol. The largest absolute Gasteiger partial charge is 0.481 e. The maximum atomic E-state index is 11.7. The molecule has 22 heteroatoms. The summed E-state index contributed by atoms with van der Waals surface area (Å²) in [6.45, 7) is 3.51. The Balaban J connectivity index is 1.53. The number of aliphatic carboxylic acids is 1. The van der Waals surface area contributed by atoms with Gasteiger partial charge in [0.05, 0.1) is 44.1 Å². The fourth-order valence-corrected chi connectivity index (χ4v) is 8.05. The molecule has 0 radical (unpaired) electrons. The van der Waals surface area contributed by atoms with Crippen LogP contribution in [0.15, 0.2) is 0 Å². The molecule has 0 spiro atoms. The molecule has 4 heterocycles. The van der Waals surface area contributed by atoms with Crippen LogP contribution in [0.25, 0.3) is 0 Å². The summed E-state index contributed by atoms with van der Waals surface area (Å²) in [6, 6.07) is 0. The Kier molecular flexibility index (Phi) is 22.0. The first-order valence-electron chi connectivity index (χ1n) is 21.9. The zero-order chi connectivity index (χ0) is 45.8. The number of aliphatic hydroxyl groups is 12. The van der Waals surface area contributed by atoms with Crippen molar-refractivity contribution in [1.82, 2.24) is 0 Å². The Morgan fingerprint density at radius 1 is 0.548 bits per heavy atom. The lowest BCUT2D eigenvalue weighted by Gasteiger charge is -2.49. The van der Waals surface area contributed by atoms with Crippen LogP contribution in [0, 0.1) is 0 Å². The van der Waals surface area contributed by atoms with Crippen molar-refractivity contribution in [2.45, 2.75) is 233 Å². The SMILES string of the molecule is CCCC[C@@H](CCCCCCCC[C@@H](O)CC(=O)O)O[C@@H]1O[C@H](CO[C@@H]2O[C@@H](C)[C@H](O)[C@@H](O)[C@H]2O)[C@H](O)[C@H](O)[C@H]1O[C@@H]1O[C@H](CO)[C@H](O)[C@H](O)[C@H]1O[C@@H]1O[C@@H](C)[C@H](O)[C@@H](O)[C@H]1O. The maximum absolute atomic E-state index is 11.7. The number of ether oxygens (including phenoxy) is 8. The Morgan fingerprint density at radius 2 is 1.03 bits per heavy atom. The second kappa shape index (κ2) is 25.5. The molecule has 0 unspecified atom stereocenters. The molecule has 0 bridgehead atoms. The van der Waals surface area contributed by atoms with Crippen LogP contribution in [-0.4, -0.2) is 221 Å². The van der Waals surface area contributed by atoms with Gasteiger partial charge >= 0.3 is 5.97 Å². The fourth-order valence-electron chi connectivity index (χ4n) is 8.05. The van der Waals surface area contributed by atoms with Gasteiger partial charge in [0.1, 0.15) is 85.5 Å². The molecule has 0 aliphatic carbocycles. The summed E-state index contributed by atoms with van der Waals surface area (Å²) in [5.41, 5.74) is 0. The van der Waals surface area contributed by atoms with Gasteiger partial charge in [-0.25, -0.2) is 0 Å². The van der Waals surface area contributed by atoms with E-state index in [0.29, 0.717) is 32.1 Å². The van der Waals surface area contributed by atoms with Crippen LogP contribution in [0.5, 0.6) is 0 Å². The number of carbonyl (C=O) groups is 1. The molecule has 364 valence electrons. The van der Waals surface area contributed by atoms with Crippen molar-refractivity contribution in [2.24, 2.45) is 0 Å². The molecule has 4 aliphatic rings. The zero-order valence-electron chi connectivity index (χ0n) is 35.6. The second-order valence-electron chi connectivity index (χ2n) is 17.0. The topological polar surface area (TPSA) is 354 Å². The van der Waals surface area contributed by atoms with E-state index >= 15 is 0 Å². The lowest BCUT2D eigenvalue weighted by atomic mass is 9.96. The van der Waals surface area contributed by atoms with E-state index in [9.17, 15) is 66.1 Å². The Hall–Kier alpha value is -1.33. The van der Waals surface area contributed by atoms with E-state index in [-0.39, 0.29) is 6.42 Å². The first kappa shape index (κ1) is 53.3. The van der Waals surface area contributed by atoms with E-state index in [0.717, 1.165) is 38.5 Å². The van der Waals surface area contributed by atoms with Gasteiger partial charge in [0.2, 0.25) is 0 Å². The highest BCUT2D eigenvalue weighted by Gasteiger charge is 2.54. The van der Waals surface area contributed by atoms with Crippen LogP contribution in [0.3, 0.4) is 0 Å². The van der Waals surface area contributed by atoms with Gasteiger partial charge in [-0.15, -0.1) is 0 Å². The summed E-state index contributed by atoms with van der Waals surface area (Å²) in [4.78, 5) is 10.8.